The molecule has 120 valence electrons. The first-order valence-electron chi connectivity index (χ1n) is 8.44. The van der Waals surface area contributed by atoms with E-state index in [1.807, 2.05) is 10.9 Å². The second-order valence-electron chi connectivity index (χ2n) is 6.97. The van der Waals surface area contributed by atoms with Crippen LogP contribution in [0.15, 0.2) is 12.4 Å². The normalized spacial score (nSPS) is 27.7. The molecule has 3 heterocycles. The smallest absolute Gasteiger partial charge is 0.254 e. The van der Waals surface area contributed by atoms with Crippen molar-refractivity contribution in [1.29, 1.82) is 0 Å². The fraction of sp³-hybridized carbons (Fsp3) is 0.750. The SMILES string of the molecule is O=C(NC1COC2(CNC2)C1)c1cnn(C2CCCCC2)c1. The fourth-order valence-electron chi connectivity index (χ4n) is 3.86. The number of hydrogen-bond donors (Lipinski definition) is 2. The molecular formula is C16H24N4O2. The minimum atomic E-state index is -0.0278. The van der Waals surface area contributed by atoms with Crippen LogP contribution in [0.3, 0.4) is 0 Å². The van der Waals surface area contributed by atoms with Crippen LogP contribution >= 0.6 is 0 Å². The van der Waals surface area contributed by atoms with Crippen LogP contribution in [0.25, 0.3) is 0 Å². The van der Waals surface area contributed by atoms with E-state index >= 15 is 0 Å². The highest BCUT2D eigenvalue weighted by molar-refractivity contribution is 5.93. The van der Waals surface area contributed by atoms with Gasteiger partial charge in [0, 0.05) is 25.7 Å². The summed E-state index contributed by atoms with van der Waals surface area (Å²) in [7, 11) is 0. The fourth-order valence-corrected chi connectivity index (χ4v) is 3.86. The average molecular weight is 304 g/mol. The first kappa shape index (κ1) is 14.2. The maximum atomic E-state index is 12.4. The van der Waals surface area contributed by atoms with Gasteiger partial charge in [0.25, 0.3) is 5.91 Å². The van der Waals surface area contributed by atoms with Gasteiger partial charge in [0.05, 0.1) is 36.1 Å². The Morgan fingerprint density at radius 1 is 1.36 bits per heavy atom. The van der Waals surface area contributed by atoms with Crippen LogP contribution in [0.4, 0.5) is 0 Å². The zero-order chi connectivity index (χ0) is 15.0. The highest BCUT2D eigenvalue weighted by Gasteiger charge is 2.45. The molecule has 2 aliphatic heterocycles. The molecule has 1 aliphatic carbocycles. The van der Waals surface area contributed by atoms with E-state index in [0.717, 1.165) is 19.5 Å². The minimum absolute atomic E-state index is 0.0236. The molecule has 3 fully saturated rings. The summed E-state index contributed by atoms with van der Waals surface area (Å²) >= 11 is 0. The zero-order valence-electron chi connectivity index (χ0n) is 12.9. The van der Waals surface area contributed by atoms with Gasteiger partial charge in [-0.1, -0.05) is 19.3 Å². The molecule has 0 radical (unpaired) electrons. The number of ether oxygens (including phenoxy) is 1. The van der Waals surface area contributed by atoms with Crippen molar-refractivity contribution in [3.05, 3.63) is 18.0 Å². The molecule has 4 rings (SSSR count). The highest BCUT2D eigenvalue weighted by Crippen LogP contribution is 2.30. The Bertz CT molecular complexity index is 546. The summed E-state index contributed by atoms with van der Waals surface area (Å²) < 4.78 is 7.81. The Morgan fingerprint density at radius 2 is 2.18 bits per heavy atom. The molecule has 1 spiro atoms. The molecule has 1 saturated carbocycles. The number of aromatic nitrogens is 2. The van der Waals surface area contributed by atoms with Crippen LogP contribution in [0.2, 0.25) is 0 Å². The maximum Gasteiger partial charge on any atom is 0.254 e. The first-order valence-corrected chi connectivity index (χ1v) is 8.44. The van der Waals surface area contributed by atoms with Crippen LogP contribution in [0, 0.1) is 0 Å². The lowest BCUT2D eigenvalue weighted by Gasteiger charge is -2.38. The van der Waals surface area contributed by atoms with Crippen molar-refractivity contribution in [3.63, 3.8) is 0 Å². The summed E-state index contributed by atoms with van der Waals surface area (Å²) in [6.45, 7) is 2.42. The predicted molar refractivity (Wildman–Crippen MR) is 81.8 cm³/mol. The quantitative estimate of drug-likeness (QED) is 0.882. The Hall–Kier alpha value is -1.40. The molecule has 1 aromatic rings. The van der Waals surface area contributed by atoms with Crippen LogP contribution in [0.5, 0.6) is 0 Å². The van der Waals surface area contributed by atoms with Gasteiger partial charge in [-0.2, -0.15) is 5.10 Å². The van der Waals surface area contributed by atoms with E-state index in [1.54, 1.807) is 6.20 Å². The lowest BCUT2D eigenvalue weighted by molar-refractivity contribution is -0.0360. The predicted octanol–water partition coefficient (Wildman–Crippen LogP) is 1.25. The Labute approximate surface area is 130 Å². The largest absolute Gasteiger partial charge is 0.370 e. The van der Waals surface area contributed by atoms with Crippen LogP contribution in [-0.4, -0.2) is 47.0 Å². The Kier molecular flexibility index (Phi) is 3.66. The van der Waals surface area contributed by atoms with E-state index in [0.29, 0.717) is 18.2 Å². The molecule has 0 bridgehead atoms. The van der Waals surface area contributed by atoms with E-state index in [4.69, 9.17) is 4.74 Å². The second-order valence-corrected chi connectivity index (χ2v) is 6.97. The number of nitrogens with one attached hydrogen (secondary N) is 2. The summed E-state index contributed by atoms with van der Waals surface area (Å²) in [6, 6.07) is 0.585. The van der Waals surface area contributed by atoms with Gasteiger partial charge in [-0.25, -0.2) is 0 Å². The van der Waals surface area contributed by atoms with Crippen molar-refractivity contribution in [2.24, 2.45) is 0 Å². The number of carbonyl (C=O) groups is 1. The lowest BCUT2D eigenvalue weighted by Crippen LogP contribution is -2.59. The van der Waals surface area contributed by atoms with Crippen LogP contribution in [-0.2, 0) is 4.74 Å². The van der Waals surface area contributed by atoms with Gasteiger partial charge in [0.15, 0.2) is 0 Å². The van der Waals surface area contributed by atoms with E-state index in [9.17, 15) is 4.79 Å². The molecule has 2 saturated heterocycles. The molecule has 2 N–H and O–H groups in total. The van der Waals surface area contributed by atoms with E-state index in [1.165, 1.54) is 32.1 Å². The molecular weight excluding hydrogens is 280 g/mol. The minimum Gasteiger partial charge on any atom is -0.370 e. The van der Waals surface area contributed by atoms with Gasteiger partial charge in [0.2, 0.25) is 0 Å². The molecule has 6 heteroatoms. The number of hydrogen-bond acceptors (Lipinski definition) is 4. The molecule has 1 unspecified atom stereocenters. The molecule has 3 aliphatic rings. The van der Waals surface area contributed by atoms with Crippen molar-refractivity contribution in [3.8, 4) is 0 Å². The van der Waals surface area contributed by atoms with Gasteiger partial charge in [-0.15, -0.1) is 0 Å². The van der Waals surface area contributed by atoms with Crippen molar-refractivity contribution in [2.45, 2.75) is 56.2 Å². The van der Waals surface area contributed by atoms with Crippen molar-refractivity contribution < 1.29 is 9.53 Å². The van der Waals surface area contributed by atoms with Crippen molar-refractivity contribution >= 4 is 5.91 Å². The summed E-state index contributed by atoms with van der Waals surface area (Å²) in [4.78, 5) is 12.4. The van der Waals surface area contributed by atoms with Gasteiger partial charge in [-0.05, 0) is 12.8 Å². The molecule has 6 nitrogen and oxygen atoms in total. The van der Waals surface area contributed by atoms with E-state index < -0.39 is 0 Å². The second kappa shape index (κ2) is 5.66. The molecule has 1 amide bonds. The average Bonchev–Trinajstić information content (AvgIpc) is 3.15. The van der Waals surface area contributed by atoms with Crippen LogP contribution < -0.4 is 10.6 Å². The van der Waals surface area contributed by atoms with E-state index in [2.05, 4.69) is 15.7 Å². The summed E-state index contributed by atoms with van der Waals surface area (Å²) in [6.07, 6.45) is 10.7. The molecule has 1 aromatic heterocycles. The summed E-state index contributed by atoms with van der Waals surface area (Å²) in [5.74, 6) is -0.0278. The maximum absolute atomic E-state index is 12.4. The third-order valence-electron chi connectivity index (χ3n) is 5.25. The number of carbonyl (C=O) groups excluding carboxylic acids is 1. The van der Waals surface area contributed by atoms with Gasteiger partial charge in [0.1, 0.15) is 0 Å². The molecule has 1 atom stereocenters. The van der Waals surface area contributed by atoms with Gasteiger partial charge in [-0.3, -0.25) is 9.48 Å². The number of amides is 1. The lowest BCUT2D eigenvalue weighted by atomic mass is 9.92. The summed E-state index contributed by atoms with van der Waals surface area (Å²) in [5, 5.41) is 10.7. The van der Waals surface area contributed by atoms with E-state index in [-0.39, 0.29) is 17.6 Å². The molecule has 22 heavy (non-hydrogen) atoms. The third kappa shape index (κ3) is 2.65. The van der Waals surface area contributed by atoms with Gasteiger partial charge < -0.3 is 15.4 Å². The monoisotopic (exact) mass is 304 g/mol. The number of rotatable bonds is 3. The standard InChI is InChI=1S/C16H24N4O2/c21-15(19-13-6-16(22-9-13)10-17-11-16)12-7-18-20(8-12)14-4-2-1-3-5-14/h7-8,13-14,17H,1-6,9-11H2,(H,19,21). The highest BCUT2D eigenvalue weighted by atomic mass is 16.5. The first-order chi connectivity index (χ1) is 10.7. The Balaban J connectivity index is 1.35. The van der Waals surface area contributed by atoms with Crippen molar-refractivity contribution in [2.75, 3.05) is 19.7 Å². The van der Waals surface area contributed by atoms with Crippen molar-refractivity contribution in [1.82, 2.24) is 20.4 Å². The van der Waals surface area contributed by atoms with Crippen LogP contribution in [0.1, 0.15) is 54.9 Å². The topological polar surface area (TPSA) is 68.2 Å². The number of nitrogens with zero attached hydrogens (tertiary/aromatic N) is 2. The zero-order valence-corrected chi connectivity index (χ0v) is 12.9. The third-order valence-corrected chi connectivity index (χ3v) is 5.25. The summed E-state index contributed by atoms with van der Waals surface area (Å²) in [5.41, 5.74) is 0.641. The van der Waals surface area contributed by atoms with Gasteiger partial charge >= 0.3 is 0 Å². The molecule has 0 aromatic carbocycles. The Morgan fingerprint density at radius 3 is 2.86 bits per heavy atom.